The van der Waals surface area contributed by atoms with Crippen LogP contribution in [0.15, 0.2) is 78.9 Å². The lowest BCUT2D eigenvalue weighted by molar-refractivity contribution is -0.929. The van der Waals surface area contributed by atoms with E-state index < -0.39 is 6.04 Å². The third-order valence-corrected chi connectivity index (χ3v) is 6.25. The van der Waals surface area contributed by atoms with Crippen molar-refractivity contribution in [3.8, 4) is 0 Å². The molecule has 0 bridgehead atoms. The fraction of sp³-hybridized carbons (Fsp3) is 0.286. The summed E-state index contributed by atoms with van der Waals surface area (Å²) < 4.78 is 5.56. The number of nitrogens with one attached hydrogen (secondary N) is 1. The average molecular weight is 444 g/mol. The lowest BCUT2D eigenvalue weighted by Gasteiger charge is -2.34. The van der Waals surface area contributed by atoms with Gasteiger partial charge in [-0.25, -0.2) is 4.90 Å². The van der Waals surface area contributed by atoms with Crippen LogP contribution in [0.4, 0.5) is 5.69 Å². The van der Waals surface area contributed by atoms with E-state index in [-0.39, 0.29) is 18.2 Å². The Morgan fingerprint density at radius 2 is 1.42 bits per heavy atom. The molecular weight excluding hydrogens is 412 g/mol. The average Bonchev–Trinajstić information content (AvgIpc) is 2.83. The summed E-state index contributed by atoms with van der Waals surface area (Å²) in [5, 5.41) is 0. The molecule has 0 spiro atoms. The Labute approximate surface area is 195 Å². The first-order chi connectivity index (χ1) is 16.1. The number of benzene rings is 3. The number of para-hydroxylation sites is 1. The van der Waals surface area contributed by atoms with E-state index >= 15 is 0 Å². The highest BCUT2D eigenvalue weighted by molar-refractivity contribution is 6.17. The maximum absolute atomic E-state index is 14.3. The van der Waals surface area contributed by atoms with Crippen molar-refractivity contribution in [3.05, 3.63) is 101 Å². The fourth-order valence-electron chi connectivity index (χ4n) is 4.62. The van der Waals surface area contributed by atoms with Gasteiger partial charge in [-0.1, -0.05) is 78.9 Å². The van der Waals surface area contributed by atoms with Gasteiger partial charge in [0.2, 0.25) is 5.91 Å². The van der Waals surface area contributed by atoms with E-state index in [1.165, 1.54) is 4.90 Å². The van der Waals surface area contributed by atoms with Crippen LogP contribution < -0.4 is 9.80 Å². The molecule has 1 fully saturated rings. The molecule has 1 saturated heterocycles. The summed E-state index contributed by atoms with van der Waals surface area (Å²) in [7, 11) is 0. The zero-order chi connectivity index (χ0) is 23.2. The molecule has 3 aromatic carbocycles. The molecule has 2 amide bonds. The maximum atomic E-state index is 14.3. The number of quaternary nitrogens is 1. The van der Waals surface area contributed by atoms with Crippen LogP contribution >= 0.6 is 0 Å². The quantitative estimate of drug-likeness (QED) is 0.637. The van der Waals surface area contributed by atoms with E-state index in [4.69, 9.17) is 4.74 Å². The number of nitrogens with zero attached hydrogens (tertiary/aromatic N) is 1. The van der Waals surface area contributed by atoms with Gasteiger partial charge in [0.25, 0.3) is 5.91 Å². The van der Waals surface area contributed by atoms with Crippen molar-refractivity contribution >= 4 is 17.5 Å². The number of morpholine rings is 1. The number of imide groups is 1. The van der Waals surface area contributed by atoms with Crippen LogP contribution in [0.5, 0.6) is 0 Å². The lowest BCUT2D eigenvalue weighted by atomic mass is 10.00. The molecule has 1 aliphatic rings. The number of aryl methyl sites for hydroxylation is 2. The number of anilines is 1. The van der Waals surface area contributed by atoms with Crippen molar-refractivity contribution in [3.63, 3.8) is 0 Å². The molecule has 4 rings (SSSR count). The second kappa shape index (κ2) is 10.6. The number of hydrogen-bond donors (Lipinski definition) is 1. The third kappa shape index (κ3) is 5.21. The highest BCUT2D eigenvalue weighted by Crippen LogP contribution is 2.28. The van der Waals surface area contributed by atoms with E-state index in [9.17, 15) is 9.59 Å². The van der Waals surface area contributed by atoms with Crippen molar-refractivity contribution in [1.29, 1.82) is 0 Å². The molecule has 0 aliphatic carbocycles. The molecule has 1 unspecified atom stereocenters. The number of carbonyl (C=O) groups is 2. The number of carbonyl (C=O) groups excluding carboxylic acids is 2. The Morgan fingerprint density at radius 1 is 0.848 bits per heavy atom. The predicted octanol–water partition coefficient (Wildman–Crippen LogP) is 3.06. The van der Waals surface area contributed by atoms with Gasteiger partial charge in [0, 0.05) is 5.56 Å². The molecule has 1 aliphatic heterocycles. The minimum atomic E-state index is -0.478. The third-order valence-electron chi connectivity index (χ3n) is 6.25. The van der Waals surface area contributed by atoms with Gasteiger partial charge in [-0.05, 0) is 30.5 Å². The summed E-state index contributed by atoms with van der Waals surface area (Å²) in [5.41, 5.74) is 4.32. The molecule has 0 aromatic heterocycles. The largest absolute Gasteiger partial charge is 0.370 e. The van der Waals surface area contributed by atoms with Gasteiger partial charge < -0.3 is 9.64 Å². The molecule has 170 valence electrons. The summed E-state index contributed by atoms with van der Waals surface area (Å²) >= 11 is 0. The molecule has 33 heavy (non-hydrogen) atoms. The monoisotopic (exact) mass is 443 g/mol. The summed E-state index contributed by atoms with van der Waals surface area (Å²) in [6.45, 7) is 6.56. The molecule has 0 saturated carbocycles. The summed E-state index contributed by atoms with van der Waals surface area (Å²) in [4.78, 5) is 30.6. The summed E-state index contributed by atoms with van der Waals surface area (Å²) in [6, 6.07) is 24.8. The second-order valence-corrected chi connectivity index (χ2v) is 8.58. The highest BCUT2D eigenvalue weighted by Gasteiger charge is 2.39. The molecule has 5 nitrogen and oxygen atoms in total. The van der Waals surface area contributed by atoms with Crippen molar-refractivity contribution in [1.82, 2.24) is 0 Å². The first-order valence-corrected chi connectivity index (χ1v) is 11.5. The smallest absolute Gasteiger partial charge is 0.296 e. The number of hydrogen-bond acceptors (Lipinski definition) is 3. The minimum Gasteiger partial charge on any atom is -0.370 e. The van der Waals surface area contributed by atoms with E-state index in [1.54, 1.807) is 0 Å². The van der Waals surface area contributed by atoms with Crippen LogP contribution in [0.1, 0.15) is 28.3 Å². The SMILES string of the molecule is Cc1cccc(C)c1N(C(=O)Cc1ccccc1)C(=O)C(c1ccccc1)[NH+]1CCOCC1. The van der Waals surface area contributed by atoms with Crippen LogP contribution in [0.2, 0.25) is 0 Å². The normalized spacial score (nSPS) is 15.1. The van der Waals surface area contributed by atoms with Crippen LogP contribution in [0.3, 0.4) is 0 Å². The maximum Gasteiger partial charge on any atom is 0.296 e. The van der Waals surface area contributed by atoms with Crippen LogP contribution in [-0.2, 0) is 20.7 Å². The molecule has 0 radical (unpaired) electrons. The zero-order valence-electron chi connectivity index (χ0n) is 19.3. The Balaban J connectivity index is 1.78. The first kappa shape index (κ1) is 22.9. The van der Waals surface area contributed by atoms with E-state index in [1.807, 2.05) is 92.7 Å². The van der Waals surface area contributed by atoms with Crippen molar-refractivity contribution < 1.29 is 19.2 Å². The predicted molar refractivity (Wildman–Crippen MR) is 129 cm³/mol. The second-order valence-electron chi connectivity index (χ2n) is 8.58. The van der Waals surface area contributed by atoms with Gasteiger partial charge in [0.1, 0.15) is 13.1 Å². The van der Waals surface area contributed by atoms with Gasteiger partial charge in [-0.2, -0.15) is 0 Å². The molecule has 1 N–H and O–H groups in total. The first-order valence-electron chi connectivity index (χ1n) is 11.5. The van der Waals surface area contributed by atoms with Crippen LogP contribution in [0, 0.1) is 13.8 Å². The summed E-state index contributed by atoms with van der Waals surface area (Å²) in [6.07, 6.45) is 0.167. The van der Waals surface area contributed by atoms with Gasteiger partial charge in [-0.15, -0.1) is 0 Å². The minimum absolute atomic E-state index is 0.167. The van der Waals surface area contributed by atoms with E-state index in [0.717, 1.165) is 40.2 Å². The summed E-state index contributed by atoms with van der Waals surface area (Å²) in [5.74, 6) is -0.395. The molecule has 5 heteroatoms. The molecule has 1 atom stereocenters. The highest BCUT2D eigenvalue weighted by atomic mass is 16.5. The van der Waals surface area contributed by atoms with Gasteiger partial charge in [0.15, 0.2) is 6.04 Å². The van der Waals surface area contributed by atoms with Gasteiger partial charge in [-0.3, -0.25) is 9.59 Å². The molecular formula is C28H31N2O3+. The topological polar surface area (TPSA) is 51.0 Å². The van der Waals surface area contributed by atoms with E-state index in [2.05, 4.69) is 0 Å². The van der Waals surface area contributed by atoms with Gasteiger partial charge in [0.05, 0.1) is 25.3 Å². The van der Waals surface area contributed by atoms with Gasteiger partial charge >= 0.3 is 0 Å². The number of amides is 2. The Bertz CT molecular complexity index is 1070. The fourth-order valence-corrected chi connectivity index (χ4v) is 4.62. The number of rotatable bonds is 6. The van der Waals surface area contributed by atoms with Crippen molar-refractivity contribution in [2.75, 3.05) is 31.2 Å². The Kier molecular flexibility index (Phi) is 7.33. The standard InChI is InChI=1S/C28H30N2O3/c1-21-10-9-11-22(2)26(21)30(25(31)20-23-12-5-3-6-13-23)28(32)27(24-14-7-4-8-15-24)29-16-18-33-19-17-29/h3-15,27H,16-20H2,1-2H3/p+1. The molecule has 3 aromatic rings. The van der Waals surface area contributed by atoms with Crippen LogP contribution in [0.25, 0.3) is 0 Å². The molecule has 1 heterocycles. The van der Waals surface area contributed by atoms with Crippen molar-refractivity contribution in [2.24, 2.45) is 0 Å². The van der Waals surface area contributed by atoms with Crippen molar-refractivity contribution in [2.45, 2.75) is 26.3 Å². The zero-order valence-corrected chi connectivity index (χ0v) is 19.3. The van der Waals surface area contributed by atoms with Crippen LogP contribution in [-0.4, -0.2) is 38.1 Å². The van der Waals surface area contributed by atoms with E-state index in [0.29, 0.717) is 18.9 Å². The lowest BCUT2D eigenvalue weighted by Crippen LogP contribution is -3.15. The Morgan fingerprint density at radius 3 is 2.03 bits per heavy atom. The number of ether oxygens (including phenoxy) is 1. The Hall–Kier alpha value is -3.28.